The number of epoxide rings is 2. The molecule has 4 nitrogen and oxygen atoms in total. The van der Waals surface area contributed by atoms with Gasteiger partial charge < -0.3 is 14.6 Å². The van der Waals surface area contributed by atoms with Gasteiger partial charge in [-0.25, -0.2) is 0 Å². The first-order valence-corrected chi connectivity index (χ1v) is 7.93. The summed E-state index contributed by atoms with van der Waals surface area (Å²) in [7, 11) is 0. The molecular weight excluding hydrogens is 256 g/mol. The largest absolute Gasteiger partial charge is 0.481 e. The van der Waals surface area contributed by atoms with Crippen LogP contribution in [0.15, 0.2) is 0 Å². The molecule has 0 radical (unpaired) electrons. The summed E-state index contributed by atoms with van der Waals surface area (Å²) >= 11 is 0. The van der Waals surface area contributed by atoms with Gasteiger partial charge in [0, 0.05) is 5.92 Å². The van der Waals surface area contributed by atoms with Crippen LogP contribution in [0.2, 0.25) is 0 Å². The van der Waals surface area contributed by atoms with Crippen molar-refractivity contribution in [1.82, 2.24) is 0 Å². The minimum atomic E-state index is -0.650. The number of aliphatic carboxylic acids is 1. The molecule has 1 N–H and O–H groups in total. The second kappa shape index (κ2) is 3.77. The Kier molecular flexibility index (Phi) is 2.47. The number of hydrogen-bond acceptors (Lipinski definition) is 3. The van der Waals surface area contributed by atoms with Crippen molar-refractivity contribution in [2.75, 3.05) is 0 Å². The van der Waals surface area contributed by atoms with Gasteiger partial charge in [-0.15, -0.1) is 0 Å². The number of fused-ring (bicyclic) bond motifs is 2. The Morgan fingerprint density at radius 2 is 1.95 bits per heavy atom. The highest BCUT2D eigenvalue weighted by Crippen LogP contribution is 2.64. The van der Waals surface area contributed by atoms with E-state index in [2.05, 4.69) is 13.8 Å². The van der Waals surface area contributed by atoms with Crippen molar-refractivity contribution in [3.63, 3.8) is 0 Å². The van der Waals surface area contributed by atoms with E-state index in [4.69, 9.17) is 9.47 Å². The molecule has 0 spiro atoms. The lowest BCUT2D eigenvalue weighted by Gasteiger charge is -2.47. The summed E-state index contributed by atoms with van der Waals surface area (Å²) in [5.41, 5.74) is -0.867. The van der Waals surface area contributed by atoms with Gasteiger partial charge in [0.25, 0.3) is 0 Å². The fourth-order valence-electron chi connectivity index (χ4n) is 5.35. The van der Waals surface area contributed by atoms with Gasteiger partial charge in [0.1, 0.15) is 0 Å². The lowest BCUT2D eigenvalue weighted by atomic mass is 9.54. The Hall–Kier alpha value is -0.610. The molecule has 4 rings (SSSR count). The van der Waals surface area contributed by atoms with E-state index in [9.17, 15) is 9.90 Å². The van der Waals surface area contributed by atoms with Gasteiger partial charge in [-0.2, -0.15) is 0 Å². The molecule has 4 fully saturated rings. The van der Waals surface area contributed by atoms with Crippen LogP contribution in [0.3, 0.4) is 0 Å². The molecule has 20 heavy (non-hydrogen) atoms. The van der Waals surface area contributed by atoms with Gasteiger partial charge in [-0.3, -0.25) is 4.79 Å². The summed E-state index contributed by atoms with van der Waals surface area (Å²) in [6.07, 6.45) is 4.85. The number of ether oxygens (including phenoxy) is 2. The van der Waals surface area contributed by atoms with Crippen molar-refractivity contribution in [2.24, 2.45) is 23.2 Å². The number of hydrogen-bond donors (Lipinski definition) is 1. The zero-order valence-corrected chi connectivity index (χ0v) is 12.5. The Balaban J connectivity index is 1.69. The summed E-state index contributed by atoms with van der Waals surface area (Å²) in [5, 5.41) is 9.83. The normalized spacial score (nSPS) is 60.4. The second-order valence-corrected chi connectivity index (χ2v) is 7.85. The Morgan fingerprint density at radius 3 is 2.65 bits per heavy atom. The average Bonchev–Trinajstić information content (AvgIpc) is 3.24. The molecule has 112 valence electrons. The fourth-order valence-corrected chi connectivity index (χ4v) is 5.35. The minimum Gasteiger partial charge on any atom is -0.481 e. The van der Waals surface area contributed by atoms with Gasteiger partial charge in [-0.1, -0.05) is 6.92 Å². The zero-order chi connectivity index (χ0) is 14.3. The summed E-state index contributed by atoms with van der Waals surface area (Å²) in [5.74, 6) is 0.410. The summed E-state index contributed by atoms with van der Waals surface area (Å²) in [6.45, 7) is 6.34. The Morgan fingerprint density at radius 1 is 1.25 bits per heavy atom. The molecule has 0 aromatic rings. The average molecular weight is 280 g/mol. The van der Waals surface area contributed by atoms with Crippen molar-refractivity contribution < 1.29 is 19.4 Å². The molecule has 0 bridgehead atoms. The van der Waals surface area contributed by atoms with Gasteiger partial charge in [-0.05, 0) is 51.4 Å². The monoisotopic (exact) mass is 280 g/mol. The Labute approximate surface area is 119 Å². The molecule has 2 saturated carbocycles. The van der Waals surface area contributed by atoms with Crippen molar-refractivity contribution in [1.29, 1.82) is 0 Å². The zero-order valence-electron chi connectivity index (χ0n) is 12.5. The van der Waals surface area contributed by atoms with Crippen molar-refractivity contribution >= 4 is 5.97 Å². The fraction of sp³-hybridized carbons (Fsp3) is 0.938. The molecule has 2 saturated heterocycles. The van der Waals surface area contributed by atoms with Crippen LogP contribution in [0.25, 0.3) is 0 Å². The first kappa shape index (κ1) is 13.1. The summed E-state index contributed by atoms with van der Waals surface area (Å²) < 4.78 is 11.7. The number of carboxylic acids is 1. The van der Waals surface area contributed by atoms with E-state index >= 15 is 0 Å². The van der Waals surface area contributed by atoms with Crippen LogP contribution < -0.4 is 0 Å². The van der Waals surface area contributed by atoms with E-state index in [0.29, 0.717) is 24.0 Å². The van der Waals surface area contributed by atoms with Crippen LogP contribution in [-0.4, -0.2) is 35.0 Å². The second-order valence-electron chi connectivity index (χ2n) is 7.85. The quantitative estimate of drug-likeness (QED) is 0.789. The van der Waals surface area contributed by atoms with Crippen LogP contribution in [0.1, 0.15) is 46.5 Å². The molecular formula is C16H24O4. The number of rotatable bonds is 2. The highest BCUT2D eigenvalue weighted by atomic mass is 16.6. The predicted octanol–water partition coefficient (Wildman–Crippen LogP) is 2.46. The van der Waals surface area contributed by atoms with Crippen molar-refractivity contribution in [3.8, 4) is 0 Å². The SMILES string of the molecule is CC1CC2OC2CC1C1C(C)(C(=O)O)CCC2OC21C. The van der Waals surface area contributed by atoms with E-state index in [-0.39, 0.29) is 17.6 Å². The molecule has 2 aliphatic carbocycles. The van der Waals surface area contributed by atoms with Crippen LogP contribution in [-0.2, 0) is 14.3 Å². The Bertz CT molecular complexity index is 463. The topological polar surface area (TPSA) is 62.4 Å². The molecule has 8 atom stereocenters. The highest BCUT2D eigenvalue weighted by molar-refractivity contribution is 5.75. The van der Waals surface area contributed by atoms with E-state index in [1.807, 2.05) is 6.92 Å². The lowest BCUT2D eigenvalue weighted by Crippen LogP contribution is -2.52. The molecule has 0 amide bonds. The van der Waals surface area contributed by atoms with E-state index in [0.717, 1.165) is 25.7 Å². The highest BCUT2D eigenvalue weighted by Gasteiger charge is 2.70. The standard InChI is InChI=1S/C16H24O4/c1-8-6-10-11(19-10)7-9(8)13-15(2,14(17)18)5-4-12-16(13,3)20-12/h8-13H,4-7H2,1-3H3,(H,17,18). The van der Waals surface area contributed by atoms with E-state index in [1.165, 1.54) is 0 Å². The molecule has 8 unspecified atom stereocenters. The predicted molar refractivity (Wildman–Crippen MR) is 72.3 cm³/mol. The third-order valence-electron chi connectivity index (χ3n) is 6.65. The third-order valence-corrected chi connectivity index (χ3v) is 6.65. The number of carbonyl (C=O) groups is 1. The number of carboxylic acid groups (broad SMARTS) is 1. The van der Waals surface area contributed by atoms with Gasteiger partial charge in [0.2, 0.25) is 0 Å². The maximum Gasteiger partial charge on any atom is 0.309 e. The van der Waals surface area contributed by atoms with Crippen LogP contribution in [0, 0.1) is 23.2 Å². The van der Waals surface area contributed by atoms with Gasteiger partial charge >= 0.3 is 5.97 Å². The lowest BCUT2D eigenvalue weighted by molar-refractivity contribution is -0.158. The third kappa shape index (κ3) is 1.58. The van der Waals surface area contributed by atoms with E-state index in [1.54, 1.807) is 0 Å². The molecule has 4 heteroatoms. The summed E-state index contributed by atoms with van der Waals surface area (Å²) in [6, 6.07) is 0. The molecule has 0 aromatic heterocycles. The van der Waals surface area contributed by atoms with Crippen LogP contribution in [0.5, 0.6) is 0 Å². The van der Waals surface area contributed by atoms with Crippen LogP contribution in [0.4, 0.5) is 0 Å². The van der Waals surface area contributed by atoms with Gasteiger partial charge in [0.05, 0.1) is 29.3 Å². The van der Waals surface area contributed by atoms with Crippen LogP contribution >= 0.6 is 0 Å². The van der Waals surface area contributed by atoms with Crippen molar-refractivity contribution in [3.05, 3.63) is 0 Å². The smallest absolute Gasteiger partial charge is 0.309 e. The summed E-state index contributed by atoms with van der Waals surface area (Å²) in [4.78, 5) is 11.9. The molecule has 0 aromatic carbocycles. The minimum absolute atomic E-state index is 0.117. The van der Waals surface area contributed by atoms with Crippen molar-refractivity contribution in [2.45, 2.75) is 70.4 Å². The maximum absolute atomic E-state index is 11.9. The first-order valence-electron chi connectivity index (χ1n) is 7.93. The molecule has 2 heterocycles. The van der Waals surface area contributed by atoms with E-state index < -0.39 is 11.4 Å². The van der Waals surface area contributed by atoms with Gasteiger partial charge in [0.15, 0.2) is 0 Å². The molecule has 2 aliphatic heterocycles. The maximum atomic E-state index is 11.9. The molecule has 4 aliphatic rings. The first-order chi connectivity index (χ1) is 9.36.